The number of hydrogen-bond donors (Lipinski definition) is 5. The summed E-state index contributed by atoms with van der Waals surface area (Å²) in [6.07, 6.45) is 1.59. The highest BCUT2D eigenvalue weighted by Crippen LogP contribution is 2.35. The van der Waals surface area contributed by atoms with Crippen molar-refractivity contribution in [3.8, 4) is 5.75 Å². The predicted molar refractivity (Wildman–Crippen MR) is 154 cm³/mol. The number of nitrogens with one attached hydrogen (secondary N) is 4. The van der Waals surface area contributed by atoms with Crippen molar-refractivity contribution in [1.29, 1.82) is 0 Å². The minimum Gasteiger partial charge on any atom is -0.494 e. The molecule has 1 aromatic heterocycles. The first-order chi connectivity index (χ1) is 18.6. The van der Waals surface area contributed by atoms with Gasteiger partial charge in [-0.25, -0.2) is 8.42 Å². The van der Waals surface area contributed by atoms with Crippen molar-refractivity contribution in [3.63, 3.8) is 0 Å². The van der Waals surface area contributed by atoms with E-state index < -0.39 is 15.1 Å². The van der Waals surface area contributed by atoms with E-state index in [1.54, 1.807) is 50.2 Å². The SMILES string of the molecule is COc1cc(NC(=O)C2CCNCC2)ccc1Nc1nc(N)c(Cl)c(Nc2ccccc2S(=O)(=O)C(C)C)n1. The van der Waals surface area contributed by atoms with E-state index in [2.05, 4.69) is 31.2 Å². The topological polar surface area (TPSA) is 160 Å². The van der Waals surface area contributed by atoms with Crippen LogP contribution in [0.15, 0.2) is 47.4 Å². The number of piperidine rings is 1. The molecule has 0 radical (unpaired) electrons. The number of nitrogens with zero attached hydrogens (tertiary/aromatic N) is 2. The van der Waals surface area contributed by atoms with Crippen LogP contribution in [0.2, 0.25) is 5.02 Å². The lowest BCUT2D eigenvalue weighted by atomic mass is 9.97. The number of hydrogen-bond acceptors (Lipinski definition) is 10. The number of nitrogens with two attached hydrogens (primary N) is 1. The second-order valence-electron chi connectivity index (χ2n) is 9.36. The fourth-order valence-electron chi connectivity index (χ4n) is 4.12. The Balaban J connectivity index is 1.58. The Morgan fingerprint density at radius 3 is 2.51 bits per heavy atom. The molecular weight excluding hydrogens is 542 g/mol. The molecule has 1 aliphatic rings. The maximum absolute atomic E-state index is 12.9. The number of para-hydroxylation sites is 1. The zero-order chi connectivity index (χ0) is 28.2. The van der Waals surface area contributed by atoms with E-state index in [9.17, 15) is 13.2 Å². The highest BCUT2D eigenvalue weighted by Gasteiger charge is 2.24. The number of rotatable bonds is 9. The summed E-state index contributed by atoms with van der Waals surface area (Å²) in [5.41, 5.74) is 7.49. The summed E-state index contributed by atoms with van der Waals surface area (Å²) in [5, 5.41) is 11.7. The molecule has 13 heteroatoms. The van der Waals surface area contributed by atoms with Crippen LogP contribution in [0, 0.1) is 5.92 Å². The van der Waals surface area contributed by atoms with Crippen LogP contribution < -0.4 is 31.7 Å². The molecule has 2 heterocycles. The number of amides is 1. The van der Waals surface area contributed by atoms with Gasteiger partial charge in [0.15, 0.2) is 15.7 Å². The third kappa shape index (κ3) is 6.52. The van der Waals surface area contributed by atoms with Gasteiger partial charge in [0.25, 0.3) is 0 Å². The molecule has 3 aromatic rings. The van der Waals surface area contributed by atoms with Gasteiger partial charge in [0, 0.05) is 17.7 Å². The van der Waals surface area contributed by atoms with Crippen molar-refractivity contribution >= 4 is 62.0 Å². The lowest BCUT2D eigenvalue weighted by Crippen LogP contribution is -2.34. The summed E-state index contributed by atoms with van der Waals surface area (Å²) in [4.78, 5) is 21.4. The standard InChI is InChI=1S/C26H32ClN7O4S/c1-15(2)39(36,37)21-7-5-4-6-19(21)31-24-22(27)23(28)33-26(34-24)32-18-9-8-17(14-20(18)38-3)30-25(35)16-10-12-29-13-11-16/h4-9,14-16,29H,10-13H2,1-3H3,(H,30,35)(H4,28,31,32,33,34). The van der Waals surface area contributed by atoms with Gasteiger partial charge in [-0.15, -0.1) is 0 Å². The molecule has 1 amide bonds. The summed E-state index contributed by atoms with van der Waals surface area (Å²) in [7, 11) is -2.07. The Morgan fingerprint density at radius 2 is 1.82 bits per heavy atom. The molecule has 2 aromatic carbocycles. The summed E-state index contributed by atoms with van der Waals surface area (Å²) in [5.74, 6) is 0.607. The second-order valence-corrected chi connectivity index (χ2v) is 12.2. The number of carbonyl (C=O) groups excluding carboxylic acids is 1. The molecule has 1 saturated heterocycles. The van der Waals surface area contributed by atoms with Crippen molar-refractivity contribution in [1.82, 2.24) is 15.3 Å². The molecular formula is C26H32ClN7O4S. The van der Waals surface area contributed by atoms with Gasteiger partial charge in [0.2, 0.25) is 11.9 Å². The largest absolute Gasteiger partial charge is 0.494 e. The Hall–Kier alpha value is -3.61. The van der Waals surface area contributed by atoms with Crippen LogP contribution in [0.1, 0.15) is 26.7 Å². The summed E-state index contributed by atoms with van der Waals surface area (Å²) in [6.45, 7) is 4.87. The summed E-state index contributed by atoms with van der Waals surface area (Å²) >= 11 is 6.38. The van der Waals surface area contributed by atoms with Crippen LogP contribution in [0.4, 0.5) is 34.6 Å². The molecule has 0 bridgehead atoms. The number of benzene rings is 2. The molecule has 0 unspecified atom stereocenters. The van der Waals surface area contributed by atoms with Gasteiger partial charge in [-0.05, 0) is 64.0 Å². The van der Waals surface area contributed by atoms with E-state index in [1.807, 2.05) is 0 Å². The number of aromatic nitrogens is 2. The molecule has 11 nitrogen and oxygen atoms in total. The normalized spacial score (nSPS) is 14.2. The van der Waals surface area contributed by atoms with E-state index >= 15 is 0 Å². The van der Waals surface area contributed by atoms with Crippen molar-refractivity contribution < 1.29 is 17.9 Å². The predicted octanol–water partition coefficient (Wildman–Crippen LogP) is 4.33. The number of nitrogen functional groups attached to an aromatic ring is 1. The number of methoxy groups -OCH3 is 1. The van der Waals surface area contributed by atoms with Gasteiger partial charge in [-0.2, -0.15) is 9.97 Å². The Labute approximate surface area is 232 Å². The lowest BCUT2D eigenvalue weighted by Gasteiger charge is -2.22. The van der Waals surface area contributed by atoms with Crippen LogP contribution >= 0.6 is 11.6 Å². The quantitative estimate of drug-likeness (QED) is 0.249. The first-order valence-electron chi connectivity index (χ1n) is 12.5. The van der Waals surface area contributed by atoms with Crippen LogP contribution in [0.3, 0.4) is 0 Å². The minimum absolute atomic E-state index is 0.00862. The molecule has 1 fully saturated rings. The molecule has 0 saturated carbocycles. The Kier molecular flexibility index (Phi) is 8.78. The second kappa shape index (κ2) is 12.1. The van der Waals surface area contributed by atoms with Gasteiger partial charge in [0.1, 0.15) is 16.6 Å². The third-order valence-electron chi connectivity index (χ3n) is 6.37. The van der Waals surface area contributed by atoms with E-state index in [1.165, 1.54) is 13.2 Å². The van der Waals surface area contributed by atoms with Crippen molar-refractivity contribution in [2.75, 3.05) is 41.9 Å². The van der Waals surface area contributed by atoms with Gasteiger partial charge in [0.05, 0.1) is 28.6 Å². The molecule has 4 rings (SSSR count). The van der Waals surface area contributed by atoms with Crippen molar-refractivity contribution in [3.05, 3.63) is 47.5 Å². The molecule has 208 valence electrons. The minimum atomic E-state index is -3.58. The van der Waals surface area contributed by atoms with E-state index in [0.29, 0.717) is 22.8 Å². The van der Waals surface area contributed by atoms with Gasteiger partial charge in [-0.3, -0.25) is 4.79 Å². The first-order valence-corrected chi connectivity index (χ1v) is 14.4. The highest BCUT2D eigenvalue weighted by molar-refractivity contribution is 7.92. The number of ether oxygens (including phenoxy) is 1. The fraction of sp³-hybridized carbons (Fsp3) is 0.346. The maximum atomic E-state index is 12.9. The monoisotopic (exact) mass is 573 g/mol. The average Bonchev–Trinajstić information content (AvgIpc) is 2.92. The Morgan fingerprint density at radius 1 is 1.10 bits per heavy atom. The van der Waals surface area contributed by atoms with Crippen LogP contribution in [-0.2, 0) is 14.6 Å². The van der Waals surface area contributed by atoms with Crippen molar-refractivity contribution in [2.45, 2.75) is 36.8 Å². The van der Waals surface area contributed by atoms with E-state index in [0.717, 1.165) is 25.9 Å². The molecule has 0 atom stereocenters. The molecule has 6 N–H and O–H groups in total. The zero-order valence-electron chi connectivity index (χ0n) is 21.9. The van der Waals surface area contributed by atoms with Crippen LogP contribution in [0.5, 0.6) is 5.75 Å². The van der Waals surface area contributed by atoms with Crippen molar-refractivity contribution in [2.24, 2.45) is 5.92 Å². The summed E-state index contributed by atoms with van der Waals surface area (Å²) < 4.78 is 31.3. The number of carbonyl (C=O) groups is 1. The van der Waals surface area contributed by atoms with E-state index in [4.69, 9.17) is 22.1 Å². The number of anilines is 6. The smallest absolute Gasteiger partial charge is 0.231 e. The molecule has 1 aliphatic heterocycles. The molecule has 0 aliphatic carbocycles. The fourth-order valence-corrected chi connectivity index (χ4v) is 5.46. The highest BCUT2D eigenvalue weighted by atomic mass is 35.5. The van der Waals surface area contributed by atoms with Gasteiger partial charge < -0.3 is 31.7 Å². The van der Waals surface area contributed by atoms with Crippen LogP contribution in [0.25, 0.3) is 0 Å². The first kappa shape index (κ1) is 28.4. The van der Waals surface area contributed by atoms with Gasteiger partial charge in [-0.1, -0.05) is 23.7 Å². The average molecular weight is 574 g/mol. The van der Waals surface area contributed by atoms with Crippen LogP contribution in [-0.4, -0.2) is 49.7 Å². The number of halogens is 1. The Bertz CT molecular complexity index is 1460. The van der Waals surface area contributed by atoms with Gasteiger partial charge >= 0.3 is 0 Å². The maximum Gasteiger partial charge on any atom is 0.231 e. The zero-order valence-corrected chi connectivity index (χ0v) is 23.5. The lowest BCUT2D eigenvalue weighted by molar-refractivity contribution is -0.120. The third-order valence-corrected chi connectivity index (χ3v) is 8.95. The van der Waals surface area contributed by atoms with E-state index in [-0.39, 0.29) is 39.3 Å². The molecule has 39 heavy (non-hydrogen) atoms. The summed E-state index contributed by atoms with van der Waals surface area (Å²) in [6, 6.07) is 11.7. The number of sulfone groups is 1. The molecule has 0 spiro atoms.